The van der Waals surface area contributed by atoms with Crippen LogP contribution in [0.25, 0.3) is 27.6 Å². The second kappa shape index (κ2) is 4.95. The molecule has 2 aromatic carbocycles. The number of benzene rings is 2. The molecule has 2 nitrogen and oxygen atoms in total. The average Bonchev–Trinajstić information content (AvgIpc) is 2.81. The number of aryl methyl sites for hydroxylation is 4. The summed E-state index contributed by atoms with van der Waals surface area (Å²) in [5.74, 6) is 0. The zero-order chi connectivity index (χ0) is 16.1. The minimum absolute atomic E-state index is 1.04. The first-order valence-corrected chi connectivity index (χ1v) is 8.01. The standard InChI is InChI=1S/C21H20N2/c1-13-11-14(2)20(15(3)12-13)23-19-8-6-5-7-17(19)18-10-9-16(4)22-21(18)23/h5-12H,1-4H3. The highest BCUT2D eigenvalue weighted by Gasteiger charge is 2.16. The maximum Gasteiger partial charge on any atom is 0.145 e. The molecule has 2 aromatic heterocycles. The lowest BCUT2D eigenvalue weighted by Crippen LogP contribution is -2.02. The number of para-hydroxylation sites is 1. The van der Waals surface area contributed by atoms with Gasteiger partial charge in [-0.05, 0) is 57.0 Å². The van der Waals surface area contributed by atoms with Crippen molar-refractivity contribution in [2.75, 3.05) is 0 Å². The van der Waals surface area contributed by atoms with Crippen molar-refractivity contribution in [2.45, 2.75) is 27.7 Å². The van der Waals surface area contributed by atoms with Crippen molar-refractivity contribution in [3.05, 3.63) is 70.9 Å². The third-order valence-electron chi connectivity index (χ3n) is 4.52. The fraction of sp³-hybridized carbons (Fsp3) is 0.190. The Morgan fingerprint density at radius 1 is 0.783 bits per heavy atom. The highest BCUT2D eigenvalue weighted by Crippen LogP contribution is 2.33. The third kappa shape index (κ3) is 2.06. The lowest BCUT2D eigenvalue weighted by atomic mass is 10.0. The van der Waals surface area contributed by atoms with E-state index in [1.807, 2.05) is 0 Å². The van der Waals surface area contributed by atoms with Crippen molar-refractivity contribution in [3.8, 4) is 5.69 Å². The Hall–Kier alpha value is -2.61. The summed E-state index contributed by atoms with van der Waals surface area (Å²) in [6, 6.07) is 17.3. The van der Waals surface area contributed by atoms with Gasteiger partial charge >= 0.3 is 0 Å². The molecule has 0 radical (unpaired) electrons. The van der Waals surface area contributed by atoms with Gasteiger partial charge in [0.2, 0.25) is 0 Å². The second-order valence-corrected chi connectivity index (χ2v) is 6.42. The van der Waals surface area contributed by atoms with Gasteiger partial charge in [-0.3, -0.25) is 4.57 Å². The maximum absolute atomic E-state index is 4.86. The molecule has 0 atom stereocenters. The van der Waals surface area contributed by atoms with Gasteiger partial charge in [-0.1, -0.05) is 35.9 Å². The number of rotatable bonds is 1. The van der Waals surface area contributed by atoms with Crippen LogP contribution < -0.4 is 0 Å². The van der Waals surface area contributed by atoms with E-state index in [-0.39, 0.29) is 0 Å². The van der Waals surface area contributed by atoms with Crippen molar-refractivity contribution in [1.82, 2.24) is 9.55 Å². The highest BCUT2D eigenvalue weighted by atomic mass is 15.1. The monoisotopic (exact) mass is 300 g/mol. The van der Waals surface area contributed by atoms with Gasteiger partial charge < -0.3 is 0 Å². The Labute approximate surface area is 136 Å². The maximum atomic E-state index is 4.86. The highest BCUT2D eigenvalue weighted by molar-refractivity contribution is 6.08. The number of nitrogens with zero attached hydrogens (tertiary/aromatic N) is 2. The van der Waals surface area contributed by atoms with Crippen LogP contribution in [0.5, 0.6) is 0 Å². The third-order valence-corrected chi connectivity index (χ3v) is 4.52. The van der Waals surface area contributed by atoms with Crippen LogP contribution in [0.4, 0.5) is 0 Å². The summed E-state index contributed by atoms with van der Waals surface area (Å²) in [4.78, 5) is 4.86. The summed E-state index contributed by atoms with van der Waals surface area (Å²) in [6.45, 7) is 8.58. The molecule has 4 aromatic rings. The van der Waals surface area contributed by atoms with Crippen molar-refractivity contribution in [1.29, 1.82) is 0 Å². The SMILES string of the molecule is Cc1cc(C)c(-n2c3ccccc3c3ccc(C)nc32)c(C)c1. The van der Waals surface area contributed by atoms with Gasteiger partial charge in [-0.2, -0.15) is 0 Å². The molecule has 0 amide bonds. The Balaban J connectivity index is 2.24. The topological polar surface area (TPSA) is 17.8 Å². The van der Waals surface area contributed by atoms with Crippen LogP contribution in [0.1, 0.15) is 22.4 Å². The molecule has 0 saturated heterocycles. The first-order chi connectivity index (χ1) is 11.1. The molecule has 0 aliphatic rings. The lowest BCUT2D eigenvalue weighted by molar-refractivity contribution is 1.07. The van der Waals surface area contributed by atoms with Crippen molar-refractivity contribution >= 4 is 21.9 Å². The number of hydrogen-bond acceptors (Lipinski definition) is 1. The minimum atomic E-state index is 1.04. The first-order valence-electron chi connectivity index (χ1n) is 8.01. The molecule has 23 heavy (non-hydrogen) atoms. The smallest absolute Gasteiger partial charge is 0.145 e. The summed E-state index contributed by atoms with van der Waals surface area (Å²) < 4.78 is 2.32. The van der Waals surface area contributed by atoms with E-state index in [0.29, 0.717) is 0 Å². The molecular formula is C21H20N2. The molecule has 0 N–H and O–H groups in total. The Bertz CT molecular complexity index is 1030. The van der Waals surface area contributed by atoms with E-state index >= 15 is 0 Å². The quantitative estimate of drug-likeness (QED) is 0.459. The number of pyridine rings is 1. The molecule has 114 valence electrons. The molecule has 2 heteroatoms. The van der Waals surface area contributed by atoms with Gasteiger partial charge in [0.25, 0.3) is 0 Å². The van der Waals surface area contributed by atoms with Crippen LogP contribution in [0.3, 0.4) is 0 Å². The van der Waals surface area contributed by atoms with E-state index in [1.165, 1.54) is 38.7 Å². The fourth-order valence-corrected chi connectivity index (χ4v) is 3.69. The van der Waals surface area contributed by atoms with Crippen molar-refractivity contribution < 1.29 is 0 Å². The largest absolute Gasteiger partial charge is 0.293 e. The van der Waals surface area contributed by atoms with Gasteiger partial charge in [0.1, 0.15) is 5.65 Å². The summed E-state index contributed by atoms with van der Waals surface area (Å²) in [5.41, 5.74) is 8.43. The molecule has 0 spiro atoms. The van der Waals surface area contributed by atoms with E-state index in [9.17, 15) is 0 Å². The first kappa shape index (κ1) is 14.0. The Kier molecular flexibility index (Phi) is 3.02. The summed E-state index contributed by atoms with van der Waals surface area (Å²) in [7, 11) is 0. The lowest BCUT2D eigenvalue weighted by Gasteiger charge is -2.15. The molecule has 0 aliphatic carbocycles. The molecule has 4 rings (SSSR count). The van der Waals surface area contributed by atoms with E-state index in [4.69, 9.17) is 4.98 Å². The van der Waals surface area contributed by atoms with Crippen LogP contribution in [0.2, 0.25) is 0 Å². The van der Waals surface area contributed by atoms with E-state index in [2.05, 4.69) is 80.8 Å². The molecule has 0 unspecified atom stereocenters. The van der Waals surface area contributed by atoms with Crippen LogP contribution in [0, 0.1) is 27.7 Å². The summed E-state index contributed by atoms with van der Waals surface area (Å²) >= 11 is 0. The average molecular weight is 300 g/mol. The van der Waals surface area contributed by atoms with Gasteiger partial charge in [0.05, 0.1) is 11.2 Å². The number of fused-ring (bicyclic) bond motifs is 3. The van der Waals surface area contributed by atoms with E-state index in [0.717, 1.165) is 11.3 Å². The predicted molar refractivity (Wildman–Crippen MR) is 97.5 cm³/mol. The zero-order valence-corrected chi connectivity index (χ0v) is 14.0. The van der Waals surface area contributed by atoms with Crippen LogP contribution in [0.15, 0.2) is 48.5 Å². The van der Waals surface area contributed by atoms with Gasteiger partial charge in [-0.15, -0.1) is 0 Å². The zero-order valence-electron chi connectivity index (χ0n) is 14.0. The summed E-state index contributed by atoms with van der Waals surface area (Å²) in [5, 5.41) is 2.47. The number of hydrogen-bond donors (Lipinski definition) is 0. The van der Waals surface area contributed by atoms with E-state index < -0.39 is 0 Å². The van der Waals surface area contributed by atoms with Gasteiger partial charge in [-0.25, -0.2) is 4.98 Å². The van der Waals surface area contributed by atoms with Crippen LogP contribution in [-0.2, 0) is 0 Å². The normalized spacial score (nSPS) is 11.5. The van der Waals surface area contributed by atoms with Crippen LogP contribution in [-0.4, -0.2) is 9.55 Å². The molecule has 0 aliphatic heterocycles. The Morgan fingerprint density at radius 3 is 2.22 bits per heavy atom. The molecule has 0 bridgehead atoms. The van der Waals surface area contributed by atoms with Crippen molar-refractivity contribution in [3.63, 3.8) is 0 Å². The van der Waals surface area contributed by atoms with E-state index in [1.54, 1.807) is 0 Å². The predicted octanol–water partition coefficient (Wildman–Crippen LogP) is 5.41. The summed E-state index contributed by atoms with van der Waals surface area (Å²) in [6.07, 6.45) is 0. The molecular weight excluding hydrogens is 280 g/mol. The van der Waals surface area contributed by atoms with Gasteiger partial charge in [0, 0.05) is 16.5 Å². The van der Waals surface area contributed by atoms with Crippen molar-refractivity contribution in [2.24, 2.45) is 0 Å². The second-order valence-electron chi connectivity index (χ2n) is 6.42. The molecule has 2 heterocycles. The number of aromatic nitrogens is 2. The van der Waals surface area contributed by atoms with Crippen LogP contribution >= 0.6 is 0 Å². The van der Waals surface area contributed by atoms with Gasteiger partial charge in [0.15, 0.2) is 0 Å². The molecule has 0 saturated carbocycles. The molecule has 0 fully saturated rings. The Morgan fingerprint density at radius 2 is 1.48 bits per heavy atom. The fourth-order valence-electron chi connectivity index (χ4n) is 3.69. The minimum Gasteiger partial charge on any atom is -0.293 e.